The summed E-state index contributed by atoms with van der Waals surface area (Å²) in [5.41, 5.74) is 3.78. The first-order valence-corrected chi connectivity index (χ1v) is 10.1. The van der Waals surface area contributed by atoms with E-state index in [1.54, 1.807) is 10.8 Å². The first-order chi connectivity index (χ1) is 13.6. The Bertz CT molecular complexity index is 1170. The first-order valence-electron chi connectivity index (χ1n) is 8.74. The summed E-state index contributed by atoms with van der Waals surface area (Å²) in [6.07, 6.45) is 3.06. The molecule has 0 saturated carbocycles. The van der Waals surface area contributed by atoms with Crippen molar-refractivity contribution in [3.63, 3.8) is 0 Å². The fraction of sp³-hybridized carbons (Fsp3) is 0.143. The lowest BCUT2D eigenvalue weighted by Gasteiger charge is -2.13. The highest BCUT2D eigenvalue weighted by atomic mass is 35.5. The van der Waals surface area contributed by atoms with E-state index in [0.717, 1.165) is 11.1 Å². The van der Waals surface area contributed by atoms with Gasteiger partial charge in [-0.1, -0.05) is 65.3 Å². The molecule has 140 valence electrons. The maximum absolute atomic E-state index is 13.1. The van der Waals surface area contributed by atoms with Crippen molar-refractivity contribution in [2.24, 2.45) is 0 Å². The molecule has 0 radical (unpaired) electrons. The van der Waals surface area contributed by atoms with Crippen LogP contribution < -0.4 is 5.56 Å². The average molecular weight is 409 g/mol. The fourth-order valence-electron chi connectivity index (χ4n) is 2.78. The largest absolute Gasteiger partial charge is 0.282 e. The summed E-state index contributed by atoms with van der Waals surface area (Å²) in [6, 6.07) is 15.8. The summed E-state index contributed by atoms with van der Waals surface area (Å²) < 4.78 is 1.67. The third-order valence-corrected chi connectivity index (χ3v) is 5.60. The second-order valence-corrected chi connectivity index (χ2v) is 7.79. The van der Waals surface area contributed by atoms with E-state index in [1.165, 1.54) is 23.5 Å². The Kier molecular flexibility index (Phi) is 5.41. The van der Waals surface area contributed by atoms with E-state index in [-0.39, 0.29) is 11.1 Å². The van der Waals surface area contributed by atoms with Crippen LogP contribution in [-0.2, 0) is 12.3 Å². The molecule has 2 aromatic carbocycles. The van der Waals surface area contributed by atoms with Crippen molar-refractivity contribution in [1.29, 1.82) is 0 Å². The van der Waals surface area contributed by atoms with Gasteiger partial charge in [0, 0.05) is 23.2 Å². The number of nitrogens with zero attached hydrogens (tertiary/aromatic N) is 4. The van der Waals surface area contributed by atoms with Crippen LogP contribution >= 0.6 is 23.4 Å². The average Bonchev–Trinajstić information content (AvgIpc) is 2.71. The predicted molar refractivity (Wildman–Crippen MR) is 113 cm³/mol. The molecule has 0 saturated heterocycles. The van der Waals surface area contributed by atoms with Gasteiger partial charge in [-0.05, 0) is 30.2 Å². The van der Waals surface area contributed by atoms with Crippen LogP contribution in [0.15, 0.2) is 70.9 Å². The van der Waals surface area contributed by atoms with E-state index in [2.05, 4.69) is 15.0 Å². The molecule has 5 nitrogen and oxygen atoms in total. The Labute approximate surface area is 171 Å². The quantitative estimate of drug-likeness (QED) is 0.359. The van der Waals surface area contributed by atoms with Crippen molar-refractivity contribution in [3.05, 3.63) is 93.0 Å². The predicted octanol–water partition coefficient (Wildman–Crippen LogP) is 4.49. The summed E-state index contributed by atoms with van der Waals surface area (Å²) in [4.78, 5) is 26.1. The molecule has 2 heterocycles. The van der Waals surface area contributed by atoms with Crippen molar-refractivity contribution in [1.82, 2.24) is 19.5 Å². The molecule has 0 fully saturated rings. The van der Waals surface area contributed by atoms with Crippen molar-refractivity contribution in [2.75, 3.05) is 0 Å². The van der Waals surface area contributed by atoms with E-state index in [9.17, 15) is 4.79 Å². The van der Waals surface area contributed by atoms with Crippen LogP contribution in [0.25, 0.3) is 11.2 Å². The van der Waals surface area contributed by atoms with Gasteiger partial charge in [0.1, 0.15) is 0 Å². The number of hydrogen-bond donors (Lipinski definition) is 0. The van der Waals surface area contributed by atoms with Gasteiger partial charge in [-0.2, -0.15) is 0 Å². The molecule has 4 aromatic rings. The highest BCUT2D eigenvalue weighted by Gasteiger charge is 2.14. The molecule has 0 aliphatic heterocycles. The molecule has 0 atom stereocenters. The van der Waals surface area contributed by atoms with Crippen LogP contribution in [0.2, 0.25) is 5.02 Å². The van der Waals surface area contributed by atoms with Gasteiger partial charge in [0.25, 0.3) is 5.56 Å². The number of hydrogen-bond acceptors (Lipinski definition) is 5. The van der Waals surface area contributed by atoms with Crippen molar-refractivity contribution < 1.29 is 0 Å². The van der Waals surface area contributed by atoms with Gasteiger partial charge in [0.05, 0.1) is 6.54 Å². The minimum Gasteiger partial charge on any atom is -0.281 e. The Balaban J connectivity index is 1.73. The monoisotopic (exact) mass is 408 g/mol. The highest BCUT2D eigenvalue weighted by Crippen LogP contribution is 2.23. The molecular weight excluding hydrogens is 392 g/mol. The van der Waals surface area contributed by atoms with Gasteiger partial charge in [-0.15, -0.1) is 0 Å². The van der Waals surface area contributed by atoms with Gasteiger partial charge < -0.3 is 0 Å². The fourth-order valence-corrected chi connectivity index (χ4v) is 3.85. The topological polar surface area (TPSA) is 60.7 Å². The molecular formula is C21H17ClN4OS. The Morgan fingerprint density at radius 2 is 1.64 bits per heavy atom. The zero-order valence-corrected chi connectivity index (χ0v) is 16.7. The number of fused-ring (bicyclic) bond motifs is 1. The molecule has 2 aromatic heterocycles. The summed E-state index contributed by atoms with van der Waals surface area (Å²) in [5, 5.41) is 1.32. The molecule has 0 bridgehead atoms. The molecule has 7 heteroatoms. The second-order valence-electron chi connectivity index (χ2n) is 6.41. The van der Waals surface area contributed by atoms with Crippen LogP contribution in [-0.4, -0.2) is 19.5 Å². The number of aromatic nitrogens is 4. The van der Waals surface area contributed by atoms with E-state index < -0.39 is 0 Å². The molecule has 0 N–H and O–H groups in total. The first kappa shape index (κ1) is 18.7. The third kappa shape index (κ3) is 4.08. The molecule has 0 aliphatic rings. The van der Waals surface area contributed by atoms with Crippen LogP contribution in [0.1, 0.15) is 16.7 Å². The Hall–Kier alpha value is -2.70. The normalized spacial score (nSPS) is 11.1. The number of benzene rings is 2. The minimum absolute atomic E-state index is 0.183. The highest BCUT2D eigenvalue weighted by molar-refractivity contribution is 7.98. The van der Waals surface area contributed by atoms with Crippen LogP contribution in [0, 0.1) is 6.92 Å². The van der Waals surface area contributed by atoms with Crippen LogP contribution in [0.3, 0.4) is 0 Å². The Morgan fingerprint density at radius 1 is 0.964 bits per heavy atom. The lowest BCUT2D eigenvalue weighted by atomic mass is 10.1. The number of thioether (sulfide) groups is 1. The lowest BCUT2D eigenvalue weighted by molar-refractivity contribution is 0.654. The molecule has 0 spiro atoms. The third-order valence-electron chi connectivity index (χ3n) is 4.30. The van der Waals surface area contributed by atoms with E-state index in [0.29, 0.717) is 28.1 Å². The molecule has 4 rings (SSSR count). The van der Waals surface area contributed by atoms with Crippen molar-refractivity contribution >= 4 is 34.5 Å². The number of halogens is 1. The maximum Gasteiger partial charge on any atom is 0.282 e. The summed E-state index contributed by atoms with van der Waals surface area (Å²) in [6.45, 7) is 2.47. The Morgan fingerprint density at radius 3 is 2.39 bits per heavy atom. The smallest absolute Gasteiger partial charge is 0.281 e. The SMILES string of the molecule is Cc1ccc(Cn2c(SCc3ccc(Cl)cc3)nc3nccnc3c2=O)cc1. The van der Waals surface area contributed by atoms with Gasteiger partial charge in [-0.25, -0.2) is 15.0 Å². The zero-order valence-electron chi connectivity index (χ0n) is 15.2. The molecule has 0 amide bonds. The second kappa shape index (κ2) is 8.12. The molecule has 0 unspecified atom stereocenters. The van der Waals surface area contributed by atoms with Crippen molar-refractivity contribution in [2.45, 2.75) is 24.4 Å². The minimum atomic E-state index is -0.183. The van der Waals surface area contributed by atoms with Crippen molar-refractivity contribution in [3.8, 4) is 0 Å². The van der Waals surface area contributed by atoms with Gasteiger partial charge in [0.2, 0.25) is 0 Å². The van der Waals surface area contributed by atoms with E-state index in [1.807, 2.05) is 55.5 Å². The van der Waals surface area contributed by atoms with Crippen LogP contribution in [0.4, 0.5) is 0 Å². The summed E-state index contributed by atoms with van der Waals surface area (Å²) in [5.74, 6) is 0.670. The zero-order chi connectivity index (χ0) is 19.5. The molecule has 28 heavy (non-hydrogen) atoms. The van der Waals surface area contributed by atoms with Gasteiger partial charge in [-0.3, -0.25) is 9.36 Å². The standard InChI is InChI=1S/C21H17ClN4OS/c1-14-2-4-15(5-3-14)12-26-20(27)18-19(24-11-10-23-18)25-21(26)28-13-16-6-8-17(22)9-7-16/h2-11H,12-13H2,1H3. The van der Waals surface area contributed by atoms with E-state index in [4.69, 9.17) is 11.6 Å². The maximum atomic E-state index is 13.1. The van der Waals surface area contributed by atoms with Gasteiger partial charge in [0.15, 0.2) is 16.3 Å². The summed E-state index contributed by atoms with van der Waals surface area (Å²) >= 11 is 7.46. The van der Waals surface area contributed by atoms with Gasteiger partial charge >= 0.3 is 0 Å². The van der Waals surface area contributed by atoms with E-state index >= 15 is 0 Å². The lowest BCUT2D eigenvalue weighted by Crippen LogP contribution is -2.25. The summed E-state index contributed by atoms with van der Waals surface area (Å²) in [7, 11) is 0. The molecule has 0 aliphatic carbocycles. The number of rotatable bonds is 5. The van der Waals surface area contributed by atoms with Crippen LogP contribution in [0.5, 0.6) is 0 Å². The number of aryl methyl sites for hydroxylation is 1.